The van der Waals surface area contributed by atoms with Crippen LogP contribution in [0, 0.1) is 0 Å². The Labute approximate surface area is 160 Å². The molecule has 1 aliphatic rings. The number of methoxy groups -OCH3 is 2. The predicted octanol–water partition coefficient (Wildman–Crippen LogP) is 4.30. The SMILES string of the molecule is COc1ccc(Nc2ccc(C(=O)NC3CCCCCC3)nc2)cc1OC. The van der Waals surface area contributed by atoms with Gasteiger partial charge in [0.2, 0.25) is 0 Å². The van der Waals surface area contributed by atoms with Gasteiger partial charge in [-0.2, -0.15) is 0 Å². The lowest BCUT2D eigenvalue weighted by Crippen LogP contribution is -2.34. The number of nitrogens with zero attached hydrogens (tertiary/aromatic N) is 1. The molecule has 0 aliphatic heterocycles. The number of hydrogen-bond donors (Lipinski definition) is 2. The summed E-state index contributed by atoms with van der Waals surface area (Å²) in [6, 6.07) is 9.45. The average molecular weight is 369 g/mol. The molecule has 1 aromatic heterocycles. The molecule has 1 saturated carbocycles. The van der Waals surface area contributed by atoms with Gasteiger partial charge in [0, 0.05) is 17.8 Å². The maximum absolute atomic E-state index is 12.4. The van der Waals surface area contributed by atoms with Crippen LogP contribution in [0.1, 0.15) is 49.0 Å². The molecule has 1 heterocycles. The van der Waals surface area contributed by atoms with E-state index in [1.165, 1.54) is 25.7 Å². The third kappa shape index (κ3) is 5.12. The molecule has 1 aromatic carbocycles. The van der Waals surface area contributed by atoms with E-state index >= 15 is 0 Å². The minimum atomic E-state index is -0.0976. The number of ether oxygens (including phenoxy) is 2. The lowest BCUT2D eigenvalue weighted by molar-refractivity contribution is 0.0928. The molecule has 0 radical (unpaired) electrons. The van der Waals surface area contributed by atoms with Gasteiger partial charge in [-0.3, -0.25) is 4.79 Å². The highest BCUT2D eigenvalue weighted by Crippen LogP contribution is 2.31. The summed E-state index contributed by atoms with van der Waals surface area (Å²) in [5.41, 5.74) is 2.09. The Morgan fingerprint density at radius 2 is 1.67 bits per heavy atom. The third-order valence-electron chi connectivity index (χ3n) is 4.86. The zero-order chi connectivity index (χ0) is 19.1. The van der Waals surface area contributed by atoms with Crippen molar-refractivity contribution in [2.24, 2.45) is 0 Å². The monoisotopic (exact) mass is 369 g/mol. The molecule has 0 atom stereocenters. The number of carbonyl (C=O) groups is 1. The number of hydrogen-bond acceptors (Lipinski definition) is 5. The maximum atomic E-state index is 12.4. The van der Waals surface area contributed by atoms with Crippen molar-refractivity contribution in [3.63, 3.8) is 0 Å². The van der Waals surface area contributed by atoms with Crippen LogP contribution < -0.4 is 20.1 Å². The van der Waals surface area contributed by atoms with Gasteiger partial charge < -0.3 is 20.1 Å². The van der Waals surface area contributed by atoms with Crippen molar-refractivity contribution >= 4 is 17.3 Å². The molecule has 6 nitrogen and oxygen atoms in total. The quantitative estimate of drug-likeness (QED) is 0.743. The van der Waals surface area contributed by atoms with E-state index in [0.29, 0.717) is 17.2 Å². The van der Waals surface area contributed by atoms with Crippen molar-refractivity contribution in [1.29, 1.82) is 0 Å². The molecule has 0 unspecified atom stereocenters. The number of carbonyl (C=O) groups excluding carboxylic acids is 1. The molecule has 1 amide bonds. The van der Waals surface area contributed by atoms with Crippen LogP contribution in [0.4, 0.5) is 11.4 Å². The first kappa shape index (κ1) is 19.0. The first-order valence-electron chi connectivity index (χ1n) is 9.45. The average Bonchev–Trinajstić information content (AvgIpc) is 2.97. The van der Waals surface area contributed by atoms with Gasteiger partial charge in [0.15, 0.2) is 11.5 Å². The topological polar surface area (TPSA) is 72.5 Å². The summed E-state index contributed by atoms with van der Waals surface area (Å²) in [5, 5.41) is 6.38. The van der Waals surface area contributed by atoms with Crippen LogP contribution in [0.15, 0.2) is 36.5 Å². The Hall–Kier alpha value is -2.76. The minimum absolute atomic E-state index is 0.0976. The molecule has 0 bridgehead atoms. The molecular weight excluding hydrogens is 342 g/mol. The molecule has 1 aliphatic carbocycles. The molecule has 144 valence electrons. The van der Waals surface area contributed by atoms with Crippen molar-refractivity contribution < 1.29 is 14.3 Å². The molecular formula is C21H27N3O3. The Balaban J connectivity index is 1.62. The summed E-state index contributed by atoms with van der Waals surface area (Å²) in [7, 11) is 3.21. The second-order valence-electron chi connectivity index (χ2n) is 6.79. The van der Waals surface area contributed by atoms with Crippen LogP contribution in [0.5, 0.6) is 11.5 Å². The maximum Gasteiger partial charge on any atom is 0.270 e. The van der Waals surface area contributed by atoms with Crippen LogP contribution in [0.3, 0.4) is 0 Å². The normalized spacial score (nSPS) is 14.9. The van der Waals surface area contributed by atoms with Gasteiger partial charge >= 0.3 is 0 Å². The highest BCUT2D eigenvalue weighted by molar-refractivity contribution is 5.92. The van der Waals surface area contributed by atoms with Crippen molar-refractivity contribution in [3.05, 3.63) is 42.2 Å². The van der Waals surface area contributed by atoms with Crippen molar-refractivity contribution in [2.75, 3.05) is 19.5 Å². The molecule has 27 heavy (non-hydrogen) atoms. The van der Waals surface area contributed by atoms with Crippen LogP contribution in [-0.4, -0.2) is 31.2 Å². The molecule has 0 saturated heterocycles. The van der Waals surface area contributed by atoms with E-state index in [1.54, 1.807) is 26.5 Å². The smallest absolute Gasteiger partial charge is 0.270 e. The van der Waals surface area contributed by atoms with E-state index in [1.807, 2.05) is 24.3 Å². The van der Waals surface area contributed by atoms with Gasteiger partial charge in [0.1, 0.15) is 5.69 Å². The van der Waals surface area contributed by atoms with E-state index in [2.05, 4.69) is 15.6 Å². The number of nitrogens with one attached hydrogen (secondary N) is 2. The van der Waals surface area contributed by atoms with Crippen LogP contribution >= 0.6 is 0 Å². The Kier molecular flexibility index (Phi) is 6.52. The van der Waals surface area contributed by atoms with Gasteiger partial charge in [0.25, 0.3) is 5.91 Å². The van der Waals surface area contributed by atoms with Gasteiger partial charge in [-0.1, -0.05) is 25.7 Å². The first-order valence-corrected chi connectivity index (χ1v) is 9.45. The van der Waals surface area contributed by atoms with Crippen molar-refractivity contribution in [1.82, 2.24) is 10.3 Å². The number of pyridine rings is 1. The van der Waals surface area contributed by atoms with E-state index in [-0.39, 0.29) is 11.9 Å². The second-order valence-corrected chi connectivity index (χ2v) is 6.79. The lowest BCUT2D eigenvalue weighted by atomic mass is 10.1. The zero-order valence-corrected chi connectivity index (χ0v) is 16.0. The summed E-state index contributed by atoms with van der Waals surface area (Å²) in [4.78, 5) is 16.7. The summed E-state index contributed by atoms with van der Waals surface area (Å²) in [6.45, 7) is 0. The fraction of sp³-hybridized carbons (Fsp3) is 0.429. The largest absolute Gasteiger partial charge is 0.493 e. The lowest BCUT2D eigenvalue weighted by Gasteiger charge is -2.16. The number of aromatic nitrogens is 1. The minimum Gasteiger partial charge on any atom is -0.493 e. The van der Waals surface area contributed by atoms with Crippen molar-refractivity contribution in [2.45, 2.75) is 44.6 Å². The molecule has 3 rings (SSSR count). The first-order chi connectivity index (χ1) is 13.2. The Morgan fingerprint density at radius 3 is 2.30 bits per heavy atom. The zero-order valence-electron chi connectivity index (χ0n) is 16.0. The Bertz CT molecular complexity index is 754. The summed E-state index contributed by atoms with van der Waals surface area (Å²) in [6.07, 6.45) is 8.69. The van der Waals surface area contributed by atoms with Crippen molar-refractivity contribution in [3.8, 4) is 11.5 Å². The standard InChI is InChI=1S/C21H27N3O3/c1-26-19-12-10-16(13-20(19)27-2)23-17-9-11-18(22-14-17)21(25)24-15-7-5-3-4-6-8-15/h9-15,23H,3-8H2,1-2H3,(H,24,25). The number of benzene rings is 1. The third-order valence-corrected chi connectivity index (χ3v) is 4.86. The Morgan fingerprint density at radius 1 is 0.963 bits per heavy atom. The van der Waals surface area contributed by atoms with Gasteiger partial charge in [-0.25, -0.2) is 4.98 Å². The highest BCUT2D eigenvalue weighted by Gasteiger charge is 2.16. The fourth-order valence-corrected chi connectivity index (χ4v) is 3.37. The molecule has 2 aromatic rings. The molecule has 1 fully saturated rings. The molecule has 2 N–H and O–H groups in total. The van der Waals surface area contributed by atoms with Gasteiger partial charge in [-0.05, 0) is 37.1 Å². The van der Waals surface area contributed by atoms with E-state index in [0.717, 1.165) is 24.2 Å². The van der Waals surface area contributed by atoms with Crippen LogP contribution in [0.25, 0.3) is 0 Å². The highest BCUT2D eigenvalue weighted by atomic mass is 16.5. The van der Waals surface area contributed by atoms with Gasteiger partial charge in [-0.15, -0.1) is 0 Å². The van der Waals surface area contributed by atoms with Crippen LogP contribution in [-0.2, 0) is 0 Å². The molecule has 6 heteroatoms. The predicted molar refractivity (Wildman–Crippen MR) is 106 cm³/mol. The van der Waals surface area contributed by atoms with Gasteiger partial charge in [0.05, 0.1) is 26.1 Å². The van der Waals surface area contributed by atoms with E-state index in [4.69, 9.17) is 9.47 Å². The number of anilines is 2. The van der Waals surface area contributed by atoms with Crippen LogP contribution in [0.2, 0.25) is 0 Å². The summed E-state index contributed by atoms with van der Waals surface area (Å²) >= 11 is 0. The number of amides is 1. The van der Waals surface area contributed by atoms with E-state index in [9.17, 15) is 4.79 Å². The van der Waals surface area contributed by atoms with E-state index < -0.39 is 0 Å². The number of rotatable bonds is 6. The summed E-state index contributed by atoms with van der Waals surface area (Å²) in [5.74, 6) is 1.22. The summed E-state index contributed by atoms with van der Waals surface area (Å²) < 4.78 is 10.6. The second kappa shape index (κ2) is 9.26. The molecule has 0 spiro atoms. The fourth-order valence-electron chi connectivity index (χ4n) is 3.37.